The van der Waals surface area contributed by atoms with E-state index in [2.05, 4.69) is 27.5 Å². The molecule has 0 spiro atoms. The average Bonchev–Trinajstić information content (AvgIpc) is 2.93. The van der Waals surface area contributed by atoms with Gasteiger partial charge in [-0.2, -0.15) is 0 Å². The fraction of sp³-hybridized carbons (Fsp3) is 0.200. The van der Waals surface area contributed by atoms with E-state index in [1.54, 1.807) is 31.6 Å². The molecule has 1 radical (unpaired) electrons. The molecule has 4 aromatic rings. The highest BCUT2D eigenvalue weighted by atomic mass is 35.5. The number of nitrogens with zero attached hydrogens (tertiary/aromatic N) is 2. The van der Waals surface area contributed by atoms with Gasteiger partial charge in [0.2, 0.25) is 0 Å². The number of alkyl halides is 1. The van der Waals surface area contributed by atoms with Gasteiger partial charge >= 0.3 is 0 Å². The maximum absolute atomic E-state index is 12.8. The van der Waals surface area contributed by atoms with Gasteiger partial charge in [-0.1, -0.05) is 41.9 Å². The monoisotopic (exact) mass is 531 g/mol. The van der Waals surface area contributed by atoms with Crippen LogP contribution < -0.4 is 15.4 Å². The Kier molecular flexibility index (Phi) is 9.05. The molecule has 38 heavy (non-hydrogen) atoms. The Morgan fingerprint density at radius 1 is 1.11 bits per heavy atom. The summed E-state index contributed by atoms with van der Waals surface area (Å²) in [6.07, 6.45) is 3.74. The lowest BCUT2D eigenvalue weighted by Crippen LogP contribution is -2.15. The molecule has 0 aliphatic heterocycles. The van der Waals surface area contributed by atoms with Gasteiger partial charge in [-0.25, -0.2) is 0 Å². The van der Waals surface area contributed by atoms with Crippen molar-refractivity contribution in [2.45, 2.75) is 19.9 Å². The predicted octanol–water partition coefficient (Wildman–Crippen LogP) is 6.66. The van der Waals surface area contributed by atoms with Crippen LogP contribution in [0.1, 0.15) is 33.6 Å². The summed E-state index contributed by atoms with van der Waals surface area (Å²) >= 11 is 6.92. The van der Waals surface area contributed by atoms with E-state index >= 15 is 0 Å². The highest BCUT2D eigenvalue weighted by Crippen LogP contribution is 2.39. The number of rotatable bonds is 10. The number of halogens is 2. The topological polar surface area (TPSA) is 76.1 Å². The zero-order valence-corrected chi connectivity index (χ0v) is 22.1. The number of hydrogen-bond acceptors (Lipinski definition) is 5. The fourth-order valence-electron chi connectivity index (χ4n) is 4.11. The summed E-state index contributed by atoms with van der Waals surface area (Å²) in [5.41, 5.74) is 6.62. The summed E-state index contributed by atoms with van der Waals surface area (Å²) in [5.74, 6) is 0.387. The zero-order chi connectivity index (χ0) is 27.1. The number of benzene rings is 2. The van der Waals surface area contributed by atoms with Crippen LogP contribution in [0.25, 0.3) is 22.4 Å². The van der Waals surface area contributed by atoms with Crippen LogP contribution in [-0.4, -0.2) is 36.2 Å². The molecule has 0 bridgehead atoms. The van der Waals surface area contributed by atoms with Gasteiger partial charge in [0, 0.05) is 41.3 Å². The summed E-state index contributed by atoms with van der Waals surface area (Å²) in [6.45, 7) is 6.54. The quantitative estimate of drug-likeness (QED) is 0.224. The van der Waals surface area contributed by atoms with Crippen LogP contribution in [0.15, 0.2) is 67.0 Å². The molecule has 6 nitrogen and oxygen atoms in total. The highest BCUT2D eigenvalue weighted by Gasteiger charge is 2.17. The van der Waals surface area contributed by atoms with E-state index in [0.717, 1.165) is 33.4 Å². The third-order valence-electron chi connectivity index (χ3n) is 6.18. The molecule has 2 heterocycles. The summed E-state index contributed by atoms with van der Waals surface area (Å²) in [7, 11) is 1.61. The molecular weight excluding hydrogens is 503 g/mol. The lowest BCUT2D eigenvalue weighted by atomic mass is 9.97. The Labute approximate surface area is 227 Å². The molecule has 1 amide bonds. The van der Waals surface area contributed by atoms with Gasteiger partial charge in [-0.3, -0.25) is 19.2 Å². The molecule has 8 heteroatoms. The third kappa shape index (κ3) is 6.18. The van der Waals surface area contributed by atoms with Gasteiger partial charge in [0.25, 0.3) is 5.91 Å². The van der Waals surface area contributed by atoms with Crippen molar-refractivity contribution < 1.29 is 13.9 Å². The van der Waals surface area contributed by atoms with Gasteiger partial charge in [0.05, 0.1) is 24.5 Å². The largest absolute Gasteiger partial charge is 0.496 e. The van der Waals surface area contributed by atoms with Crippen LogP contribution in [0.5, 0.6) is 5.75 Å². The molecule has 0 saturated heterocycles. The molecule has 0 fully saturated rings. The van der Waals surface area contributed by atoms with Gasteiger partial charge in [0.1, 0.15) is 11.4 Å². The normalized spacial score (nSPS) is 10.9. The van der Waals surface area contributed by atoms with Gasteiger partial charge in [-0.05, 0) is 67.8 Å². The number of hydrogen-bond donors (Lipinski definition) is 2. The molecule has 0 aliphatic rings. The van der Waals surface area contributed by atoms with E-state index in [1.165, 1.54) is 0 Å². The lowest BCUT2D eigenvalue weighted by Gasteiger charge is -2.16. The molecule has 2 aromatic heterocycles. The SMILES string of the molecule is [CH2]c1ccc(C(=O)Nc2cccc(-c3ccnc(-c4ccc(CNCCCF)c(OC)c4)c3Cl)c2C)nc1. The van der Waals surface area contributed by atoms with Crippen molar-refractivity contribution in [2.24, 2.45) is 0 Å². The van der Waals surface area contributed by atoms with Crippen molar-refractivity contribution in [2.75, 3.05) is 25.6 Å². The second-order valence-corrected chi connectivity index (χ2v) is 9.13. The molecule has 2 N–H and O–H groups in total. The minimum absolute atomic E-state index is 0.307. The van der Waals surface area contributed by atoms with Crippen LogP contribution in [0.4, 0.5) is 10.1 Å². The molecule has 0 saturated carbocycles. The Bertz CT molecular complexity index is 1430. The van der Waals surface area contributed by atoms with Crippen molar-refractivity contribution in [3.63, 3.8) is 0 Å². The number of pyridine rings is 2. The van der Waals surface area contributed by atoms with E-state index < -0.39 is 0 Å². The van der Waals surface area contributed by atoms with Crippen LogP contribution in [0.3, 0.4) is 0 Å². The first-order valence-corrected chi connectivity index (χ1v) is 12.6. The molecule has 2 aromatic carbocycles. The minimum Gasteiger partial charge on any atom is -0.496 e. The van der Waals surface area contributed by atoms with Crippen molar-refractivity contribution in [3.8, 4) is 28.1 Å². The molecule has 195 valence electrons. The number of ether oxygens (including phenoxy) is 1. The summed E-state index contributed by atoms with van der Waals surface area (Å²) in [6, 6.07) is 16.7. The molecule has 4 rings (SSSR count). The first kappa shape index (κ1) is 27.2. The maximum Gasteiger partial charge on any atom is 0.274 e. The summed E-state index contributed by atoms with van der Waals surface area (Å²) in [4.78, 5) is 21.5. The standard InChI is InChI=1S/C30H29ClFN4O2/c1-19-8-11-26(35-17-19)30(37)36-25-7-4-6-23(20(25)2)24-12-15-34-29(28(24)31)21-9-10-22(27(16-21)38-3)18-33-14-5-13-32/h4,6-12,15-17,33H,1,5,13-14,18H2,2-3H3,(H,36,37). The van der Waals surface area contributed by atoms with Gasteiger partial charge in [-0.15, -0.1) is 0 Å². The molecule has 0 atom stereocenters. The number of carbonyl (C=O) groups excluding carboxylic acids is 1. The van der Waals surface area contributed by atoms with Crippen LogP contribution in [-0.2, 0) is 6.54 Å². The predicted molar refractivity (Wildman–Crippen MR) is 150 cm³/mol. The van der Waals surface area contributed by atoms with E-state index in [4.69, 9.17) is 16.3 Å². The van der Waals surface area contributed by atoms with E-state index in [9.17, 15) is 9.18 Å². The molecule has 0 unspecified atom stereocenters. The Morgan fingerprint density at radius 3 is 2.68 bits per heavy atom. The van der Waals surface area contributed by atoms with Crippen molar-refractivity contribution in [1.29, 1.82) is 0 Å². The van der Waals surface area contributed by atoms with Crippen LogP contribution in [0.2, 0.25) is 5.02 Å². The second-order valence-electron chi connectivity index (χ2n) is 8.75. The molecule has 0 aliphatic carbocycles. The lowest BCUT2D eigenvalue weighted by molar-refractivity contribution is 0.102. The molecular formula is C30H29ClFN4O2. The Balaban J connectivity index is 1.62. The van der Waals surface area contributed by atoms with Crippen molar-refractivity contribution >= 4 is 23.2 Å². The van der Waals surface area contributed by atoms with Crippen LogP contribution in [0, 0.1) is 13.8 Å². The smallest absolute Gasteiger partial charge is 0.274 e. The maximum atomic E-state index is 12.8. The first-order valence-electron chi connectivity index (χ1n) is 12.2. The highest BCUT2D eigenvalue weighted by molar-refractivity contribution is 6.35. The number of aromatic nitrogens is 2. The Morgan fingerprint density at radius 2 is 1.95 bits per heavy atom. The number of anilines is 1. The number of carbonyl (C=O) groups is 1. The van der Waals surface area contributed by atoms with Crippen molar-refractivity contribution in [1.82, 2.24) is 15.3 Å². The van der Waals surface area contributed by atoms with E-state index in [0.29, 0.717) is 47.4 Å². The fourth-order valence-corrected chi connectivity index (χ4v) is 4.44. The summed E-state index contributed by atoms with van der Waals surface area (Å²) in [5, 5.41) is 6.65. The van der Waals surface area contributed by atoms with E-state index in [-0.39, 0.29) is 12.6 Å². The third-order valence-corrected chi connectivity index (χ3v) is 6.56. The minimum atomic E-state index is -0.347. The zero-order valence-electron chi connectivity index (χ0n) is 21.4. The van der Waals surface area contributed by atoms with Gasteiger partial charge < -0.3 is 15.4 Å². The number of amides is 1. The number of methoxy groups -OCH3 is 1. The van der Waals surface area contributed by atoms with E-state index in [1.807, 2.05) is 49.4 Å². The Hall–Kier alpha value is -3.81. The summed E-state index contributed by atoms with van der Waals surface area (Å²) < 4.78 is 18.0. The van der Waals surface area contributed by atoms with Crippen molar-refractivity contribution in [3.05, 3.63) is 101 Å². The number of nitrogens with one attached hydrogen (secondary N) is 2. The average molecular weight is 532 g/mol. The first-order chi connectivity index (χ1) is 18.4. The van der Waals surface area contributed by atoms with Crippen LogP contribution >= 0.6 is 11.6 Å². The van der Waals surface area contributed by atoms with Gasteiger partial charge in [0.15, 0.2) is 0 Å². The second kappa shape index (κ2) is 12.6.